The lowest BCUT2D eigenvalue weighted by atomic mass is 10.1. The summed E-state index contributed by atoms with van der Waals surface area (Å²) in [6, 6.07) is 12.4. The minimum absolute atomic E-state index is 0.00217. The summed E-state index contributed by atoms with van der Waals surface area (Å²) in [5.41, 5.74) is 3.64. The van der Waals surface area contributed by atoms with Gasteiger partial charge in [0.25, 0.3) is 5.91 Å². The van der Waals surface area contributed by atoms with Gasteiger partial charge in [-0.05, 0) is 56.2 Å². The van der Waals surface area contributed by atoms with Gasteiger partial charge in [0, 0.05) is 37.1 Å². The molecule has 0 atom stereocenters. The van der Waals surface area contributed by atoms with Crippen LogP contribution < -0.4 is 5.32 Å². The molecule has 116 valence electrons. The summed E-state index contributed by atoms with van der Waals surface area (Å²) in [5, 5.41) is 3.03. The first-order valence-electron chi connectivity index (χ1n) is 7.58. The summed E-state index contributed by atoms with van der Waals surface area (Å²) >= 11 is 5.22. The molecule has 3 nitrogen and oxygen atoms in total. The first-order chi connectivity index (χ1) is 11.1. The second-order valence-corrected chi connectivity index (χ2v) is 7.87. The Labute approximate surface area is 147 Å². The standard InChI is InChI=1S/C18H15BrN2OS/c1-10-14-9-12(19)3-7-16(14)23-17-6-2-11(8-15(17)20-10)18(22)21-13-4-5-13/h2-3,6-9,13H,4-5H2,1H3,(H,21,22). The highest BCUT2D eigenvalue weighted by Crippen LogP contribution is 2.41. The summed E-state index contributed by atoms with van der Waals surface area (Å²) < 4.78 is 1.04. The number of rotatable bonds is 2. The lowest BCUT2D eigenvalue weighted by molar-refractivity contribution is 0.0951. The van der Waals surface area contributed by atoms with Gasteiger partial charge >= 0.3 is 0 Å². The fraction of sp³-hybridized carbons (Fsp3) is 0.222. The van der Waals surface area contributed by atoms with Crippen LogP contribution in [0.3, 0.4) is 0 Å². The van der Waals surface area contributed by atoms with E-state index in [4.69, 9.17) is 4.99 Å². The normalized spacial score (nSPS) is 16.0. The molecule has 0 unspecified atom stereocenters. The molecule has 2 aromatic rings. The first kappa shape index (κ1) is 15.0. The molecule has 1 amide bonds. The Morgan fingerprint density at radius 3 is 2.78 bits per heavy atom. The molecule has 1 N–H and O–H groups in total. The van der Waals surface area contributed by atoms with Crippen LogP contribution in [0.5, 0.6) is 0 Å². The zero-order chi connectivity index (χ0) is 16.0. The third-order valence-electron chi connectivity index (χ3n) is 3.97. The van der Waals surface area contributed by atoms with Gasteiger partial charge in [0.15, 0.2) is 0 Å². The first-order valence-corrected chi connectivity index (χ1v) is 9.19. The van der Waals surface area contributed by atoms with E-state index < -0.39 is 0 Å². The van der Waals surface area contributed by atoms with E-state index in [0.717, 1.165) is 39.2 Å². The minimum Gasteiger partial charge on any atom is -0.349 e. The van der Waals surface area contributed by atoms with Crippen LogP contribution in [0.2, 0.25) is 0 Å². The van der Waals surface area contributed by atoms with Crippen molar-refractivity contribution in [2.75, 3.05) is 0 Å². The van der Waals surface area contributed by atoms with E-state index in [0.29, 0.717) is 11.6 Å². The fourth-order valence-electron chi connectivity index (χ4n) is 2.56. The van der Waals surface area contributed by atoms with Crippen LogP contribution in [-0.4, -0.2) is 17.7 Å². The van der Waals surface area contributed by atoms with E-state index in [9.17, 15) is 4.79 Å². The number of carbonyl (C=O) groups is 1. The van der Waals surface area contributed by atoms with Gasteiger partial charge in [0.2, 0.25) is 0 Å². The lowest BCUT2D eigenvalue weighted by Crippen LogP contribution is -2.25. The quantitative estimate of drug-likeness (QED) is 0.793. The van der Waals surface area contributed by atoms with Crippen molar-refractivity contribution in [3.8, 4) is 0 Å². The third kappa shape index (κ3) is 3.08. The van der Waals surface area contributed by atoms with Crippen molar-refractivity contribution in [1.82, 2.24) is 5.32 Å². The molecule has 0 aromatic heterocycles. The van der Waals surface area contributed by atoms with Gasteiger partial charge in [-0.25, -0.2) is 0 Å². The van der Waals surface area contributed by atoms with Gasteiger partial charge in [0.05, 0.1) is 5.69 Å². The molecule has 1 aliphatic heterocycles. The van der Waals surface area contributed by atoms with Gasteiger partial charge < -0.3 is 5.32 Å². The van der Waals surface area contributed by atoms with E-state index in [2.05, 4.69) is 33.4 Å². The third-order valence-corrected chi connectivity index (χ3v) is 5.61. The highest BCUT2D eigenvalue weighted by Gasteiger charge is 2.24. The van der Waals surface area contributed by atoms with Crippen LogP contribution in [0, 0.1) is 0 Å². The van der Waals surface area contributed by atoms with E-state index in [1.54, 1.807) is 11.8 Å². The number of benzene rings is 2. The Morgan fingerprint density at radius 2 is 2.00 bits per heavy atom. The van der Waals surface area contributed by atoms with Crippen LogP contribution in [0.15, 0.2) is 55.7 Å². The summed E-state index contributed by atoms with van der Waals surface area (Å²) in [6.45, 7) is 2.01. The van der Waals surface area contributed by atoms with Crippen LogP contribution in [0.4, 0.5) is 5.69 Å². The van der Waals surface area contributed by atoms with Crippen molar-refractivity contribution in [2.24, 2.45) is 4.99 Å². The Kier molecular flexibility index (Phi) is 3.77. The number of fused-ring (bicyclic) bond motifs is 2. The van der Waals surface area contributed by atoms with Crippen molar-refractivity contribution in [1.29, 1.82) is 0 Å². The average molecular weight is 387 g/mol. The SMILES string of the molecule is CC1=Nc2cc(C(=O)NC3CC3)ccc2Sc2ccc(Br)cc21. The molecule has 23 heavy (non-hydrogen) atoms. The number of nitrogens with zero attached hydrogens (tertiary/aromatic N) is 1. The van der Waals surface area contributed by atoms with Crippen molar-refractivity contribution in [3.63, 3.8) is 0 Å². The maximum atomic E-state index is 12.2. The summed E-state index contributed by atoms with van der Waals surface area (Å²) in [7, 11) is 0. The van der Waals surface area contributed by atoms with Gasteiger partial charge in [-0.2, -0.15) is 0 Å². The van der Waals surface area contributed by atoms with Crippen LogP contribution >= 0.6 is 27.7 Å². The molecule has 0 radical (unpaired) electrons. The largest absolute Gasteiger partial charge is 0.349 e. The summed E-state index contributed by atoms with van der Waals surface area (Å²) in [4.78, 5) is 19.3. The predicted molar refractivity (Wildman–Crippen MR) is 97.1 cm³/mol. The second kappa shape index (κ2) is 5.80. The van der Waals surface area contributed by atoms with Gasteiger partial charge in [-0.3, -0.25) is 9.79 Å². The van der Waals surface area contributed by atoms with Crippen LogP contribution in [0.1, 0.15) is 35.7 Å². The zero-order valence-electron chi connectivity index (χ0n) is 12.6. The smallest absolute Gasteiger partial charge is 0.251 e. The number of carbonyl (C=O) groups excluding carboxylic acids is 1. The van der Waals surface area contributed by atoms with Crippen molar-refractivity contribution < 1.29 is 4.79 Å². The van der Waals surface area contributed by atoms with Crippen molar-refractivity contribution >= 4 is 45.0 Å². The Morgan fingerprint density at radius 1 is 1.22 bits per heavy atom. The van der Waals surface area contributed by atoms with E-state index in [1.165, 1.54) is 4.90 Å². The van der Waals surface area contributed by atoms with Crippen molar-refractivity contribution in [2.45, 2.75) is 35.6 Å². The minimum atomic E-state index is -0.00217. The molecule has 4 rings (SSSR count). The molecule has 1 heterocycles. The molecule has 0 bridgehead atoms. The number of hydrogen-bond acceptors (Lipinski definition) is 3. The maximum absolute atomic E-state index is 12.2. The van der Waals surface area contributed by atoms with Gasteiger partial charge in [0.1, 0.15) is 0 Å². The zero-order valence-corrected chi connectivity index (χ0v) is 15.0. The van der Waals surface area contributed by atoms with E-state index >= 15 is 0 Å². The summed E-state index contributed by atoms with van der Waals surface area (Å²) in [6.07, 6.45) is 2.18. The number of hydrogen-bond donors (Lipinski definition) is 1. The number of nitrogens with one attached hydrogen (secondary N) is 1. The van der Waals surface area contributed by atoms with Gasteiger partial charge in [-0.15, -0.1) is 0 Å². The Balaban J connectivity index is 1.73. The van der Waals surface area contributed by atoms with Crippen LogP contribution in [0.25, 0.3) is 0 Å². The molecule has 0 saturated heterocycles. The van der Waals surface area contributed by atoms with E-state index in [1.807, 2.05) is 31.2 Å². The monoisotopic (exact) mass is 386 g/mol. The number of aliphatic imine (C=N–C) groups is 1. The van der Waals surface area contributed by atoms with Gasteiger partial charge in [-0.1, -0.05) is 27.7 Å². The maximum Gasteiger partial charge on any atom is 0.251 e. The Bertz CT molecular complexity index is 843. The predicted octanol–water partition coefficient (Wildman–Crippen LogP) is 4.95. The van der Waals surface area contributed by atoms with Crippen LogP contribution in [-0.2, 0) is 0 Å². The number of halogens is 1. The average Bonchev–Trinajstić information content (AvgIpc) is 3.34. The topological polar surface area (TPSA) is 41.5 Å². The molecular weight excluding hydrogens is 372 g/mol. The van der Waals surface area contributed by atoms with Crippen molar-refractivity contribution in [3.05, 3.63) is 52.0 Å². The highest BCUT2D eigenvalue weighted by molar-refractivity contribution is 9.10. The molecule has 2 aliphatic rings. The lowest BCUT2D eigenvalue weighted by Gasteiger charge is -2.07. The number of amides is 1. The van der Waals surface area contributed by atoms with E-state index in [-0.39, 0.29) is 5.91 Å². The molecule has 5 heteroatoms. The molecule has 2 aromatic carbocycles. The molecule has 1 saturated carbocycles. The Hall–Kier alpha value is -1.59. The highest BCUT2D eigenvalue weighted by atomic mass is 79.9. The molecule has 0 spiro atoms. The molecule has 1 aliphatic carbocycles. The second-order valence-electron chi connectivity index (χ2n) is 5.87. The summed E-state index contributed by atoms with van der Waals surface area (Å²) in [5.74, 6) is -0.00217. The molecular formula is C18H15BrN2OS. The fourth-order valence-corrected chi connectivity index (χ4v) is 3.96. The molecule has 1 fully saturated rings.